The Labute approximate surface area is 342 Å². The summed E-state index contributed by atoms with van der Waals surface area (Å²) in [5.41, 5.74) is 8.93. The fourth-order valence-corrected chi connectivity index (χ4v) is 10.4. The van der Waals surface area contributed by atoms with Crippen LogP contribution in [-0.4, -0.2) is 19.1 Å². The number of nitriles is 1. The number of pyridine rings is 2. The third-order valence-corrected chi connectivity index (χ3v) is 12.6. The van der Waals surface area contributed by atoms with Gasteiger partial charge in [-0.25, -0.2) is 4.85 Å². The first-order chi connectivity index (χ1) is 29.8. The predicted octanol–water partition coefficient (Wildman–Crippen LogP) is 13.9. The molecule has 6 nitrogen and oxygen atoms in total. The Kier molecular flexibility index (Phi) is 6.48. The lowest BCUT2D eigenvalue weighted by molar-refractivity contribution is 1.13. The molecule has 0 saturated carbocycles. The summed E-state index contributed by atoms with van der Waals surface area (Å²) in [6, 6.07) is 52.8. The molecule has 4 heterocycles. The molecule has 0 aliphatic carbocycles. The number of hydrogen-bond donors (Lipinski definition) is 0. The van der Waals surface area contributed by atoms with Crippen molar-refractivity contribution in [2.45, 2.75) is 0 Å². The molecule has 0 fully saturated rings. The molecule has 0 amide bonds. The average Bonchev–Trinajstić information content (AvgIpc) is 3.84. The molecule has 60 heavy (non-hydrogen) atoms. The lowest BCUT2D eigenvalue weighted by Crippen LogP contribution is -2.08. The standard InChI is InChI=1S/C54H28N6/c1-56-52-46(31-14-4-2-5-15-31)39(26-55)53(59-42-24-12-22-37-33-18-8-10-20-35(33)40-27-57-29-44(59)50(40)48(37)42)47(32-16-6-3-7-17-32)54(52)60-43-25-13-23-38-34-19-9-11-21-36(34)41-28-58-30-45(60)51(41)49(38)43/h2-25,27-30H. The fraction of sp³-hybridized carbons (Fsp3) is 0. The zero-order chi connectivity index (χ0) is 39.6. The van der Waals surface area contributed by atoms with Crippen LogP contribution in [0.1, 0.15) is 5.56 Å². The highest BCUT2D eigenvalue weighted by molar-refractivity contribution is 6.36. The Morgan fingerprint density at radius 3 is 1.32 bits per heavy atom. The van der Waals surface area contributed by atoms with E-state index in [4.69, 9.17) is 16.5 Å². The summed E-state index contributed by atoms with van der Waals surface area (Å²) < 4.78 is 4.50. The number of fused-ring (bicyclic) bond motifs is 6. The smallest absolute Gasteiger partial charge is 0.220 e. The van der Waals surface area contributed by atoms with Gasteiger partial charge in [-0.2, -0.15) is 5.26 Å². The van der Waals surface area contributed by atoms with Gasteiger partial charge < -0.3 is 9.13 Å². The van der Waals surface area contributed by atoms with Gasteiger partial charge in [0.25, 0.3) is 0 Å². The van der Waals surface area contributed by atoms with Crippen molar-refractivity contribution in [2.75, 3.05) is 0 Å². The minimum absolute atomic E-state index is 0.392. The van der Waals surface area contributed by atoms with Crippen molar-refractivity contribution in [1.82, 2.24) is 19.1 Å². The average molecular weight is 761 g/mol. The minimum Gasteiger partial charge on any atom is -0.317 e. The molecule has 9 aromatic carbocycles. The highest BCUT2D eigenvalue weighted by Crippen LogP contribution is 2.54. The van der Waals surface area contributed by atoms with Gasteiger partial charge in [0.15, 0.2) is 0 Å². The first kappa shape index (κ1) is 32.5. The van der Waals surface area contributed by atoms with Gasteiger partial charge in [-0.3, -0.25) is 9.97 Å². The van der Waals surface area contributed by atoms with Gasteiger partial charge in [0.05, 0.1) is 58.0 Å². The van der Waals surface area contributed by atoms with E-state index in [1.54, 1.807) is 0 Å². The molecule has 0 bridgehead atoms. The second kappa shape index (κ2) is 12.0. The Morgan fingerprint density at radius 1 is 0.417 bits per heavy atom. The summed E-state index contributed by atoms with van der Waals surface area (Å²) in [5.74, 6) is 0. The summed E-state index contributed by atoms with van der Waals surface area (Å²) in [7, 11) is 0. The van der Waals surface area contributed by atoms with E-state index >= 15 is 0 Å². The predicted molar refractivity (Wildman–Crippen MR) is 245 cm³/mol. The zero-order valence-corrected chi connectivity index (χ0v) is 31.8. The van der Waals surface area contributed by atoms with Crippen LogP contribution in [0.3, 0.4) is 0 Å². The molecule has 0 saturated heterocycles. The molecule has 0 unspecified atom stereocenters. The first-order valence-electron chi connectivity index (χ1n) is 19.9. The van der Waals surface area contributed by atoms with E-state index in [0.29, 0.717) is 28.2 Å². The summed E-state index contributed by atoms with van der Waals surface area (Å²) in [6.45, 7) is 9.14. The Bertz CT molecular complexity index is 3620. The zero-order valence-electron chi connectivity index (χ0n) is 31.8. The summed E-state index contributed by atoms with van der Waals surface area (Å²) in [4.78, 5) is 14.3. The van der Waals surface area contributed by atoms with Crippen molar-refractivity contribution >= 4 is 92.4 Å². The molecule has 6 heteroatoms. The molecule has 0 aliphatic rings. The van der Waals surface area contributed by atoms with Gasteiger partial charge >= 0.3 is 0 Å². The van der Waals surface area contributed by atoms with E-state index in [0.717, 1.165) is 103 Å². The molecule has 0 aliphatic heterocycles. The quantitative estimate of drug-likeness (QED) is 0.133. The van der Waals surface area contributed by atoms with Crippen molar-refractivity contribution in [3.05, 3.63) is 187 Å². The first-order valence-corrected chi connectivity index (χ1v) is 19.9. The SMILES string of the molecule is [C-]#[N+]c1c(-c2ccccc2)c(C#N)c(-n2c3cccc4c5ccccc5c5cncc2c5c43)c(-c2ccccc2)c1-n1c2cccc3c4ccccc4c4cncc1c4c32. The van der Waals surface area contributed by atoms with E-state index in [9.17, 15) is 5.26 Å². The van der Waals surface area contributed by atoms with Crippen LogP contribution in [-0.2, 0) is 0 Å². The summed E-state index contributed by atoms with van der Waals surface area (Å²) in [6.07, 6.45) is 7.79. The monoisotopic (exact) mass is 760 g/mol. The third-order valence-electron chi connectivity index (χ3n) is 12.6. The van der Waals surface area contributed by atoms with E-state index < -0.39 is 0 Å². The minimum atomic E-state index is 0.392. The van der Waals surface area contributed by atoms with Gasteiger partial charge in [-0.15, -0.1) is 0 Å². The number of benzene rings is 9. The van der Waals surface area contributed by atoms with Crippen molar-refractivity contribution in [3.63, 3.8) is 0 Å². The maximum atomic E-state index is 11.7. The van der Waals surface area contributed by atoms with Crippen molar-refractivity contribution in [2.24, 2.45) is 0 Å². The second-order valence-electron chi connectivity index (χ2n) is 15.5. The lowest BCUT2D eigenvalue weighted by Gasteiger charge is -2.25. The van der Waals surface area contributed by atoms with Crippen LogP contribution < -0.4 is 0 Å². The fourth-order valence-electron chi connectivity index (χ4n) is 10.4. The highest BCUT2D eigenvalue weighted by atomic mass is 15.1. The van der Waals surface area contributed by atoms with Gasteiger partial charge in [0.2, 0.25) is 5.69 Å². The van der Waals surface area contributed by atoms with Crippen molar-refractivity contribution in [3.8, 4) is 39.7 Å². The molecule has 0 radical (unpaired) electrons. The van der Waals surface area contributed by atoms with Crippen molar-refractivity contribution < 1.29 is 0 Å². The molecular formula is C54H28N6. The second-order valence-corrected chi connectivity index (χ2v) is 15.5. The lowest BCUT2D eigenvalue weighted by atomic mass is 9.88. The largest absolute Gasteiger partial charge is 0.317 e. The molecular weight excluding hydrogens is 733 g/mol. The number of rotatable bonds is 4. The molecule has 4 aromatic heterocycles. The Morgan fingerprint density at radius 2 is 0.833 bits per heavy atom. The molecule has 274 valence electrons. The van der Waals surface area contributed by atoms with Crippen LogP contribution in [0.2, 0.25) is 0 Å². The number of aromatic nitrogens is 4. The molecule has 0 N–H and O–H groups in total. The van der Waals surface area contributed by atoms with Gasteiger partial charge in [0.1, 0.15) is 6.07 Å². The number of nitrogens with zero attached hydrogens (tertiary/aromatic N) is 6. The summed E-state index contributed by atoms with van der Waals surface area (Å²) >= 11 is 0. The van der Waals surface area contributed by atoms with Crippen LogP contribution in [0.25, 0.3) is 125 Å². The topological polar surface area (TPSA) is 63.8 Å². The molecule has 0 atom stereocenters. The highest BCUT2D eigenvalue weighted by Gasteiger charge is 2.33. The Hall–Kier alpha value is -8.58. The third kappa shape index (κ3) is 4.04. The normalized spacial score (nSPS) is 12.0. The van der Waals surface area contributed by atoms with E-state index in [-0.39, 0.29) is 0 Å². The van der Waals surface area contributed by atoms with Crippen LogP contribution in [0.15, 0.2) is 170 Å². The van der Waals surface area contributed by atoms with Crippen LogP contribution >= 0.6 is 0 Å². The molecule has 13 aromatic rings. The maximum Gasteiger partial charge on any atom is 0.220 e. The van der Waals surface area contributed by atoms with E-state index in [1.165, 1.54) is 0 Å². The Balaban J connectivity index is 1.33. The number of hydrogen-bond acceptors (Lipinski definition) is 3. The van der Waals surface area contributed by atoms with Crippen molar-refractivity contribution in [1.29, 1.82) is 5.26 Å². The van der Waals surface area contributed by atoms with Gasteiger partial charge in [-0.1, -0.05) is 133 Å². The van der Waals surface area contributed by atoms with E-state index in [1.807, 2.05) is 73.3 Å². The van der Waals surface area contributed by atoms with Crippen LogP contribution in [0.5, 0.6) is 0 Å². The van der Waals surface area contributed by atoms with Crippen LogP contribution in [0.4, 0.5) is 5.69 Å². The van der Waals surface area contributed by atoms with Gasteiger partial charge in [-0.05, 0) is 55.6 Å². The van der Waals surface area contributed by atoms with Gasteiger partial charge in [0, 0.05) is 55.8 Å². The maximum absolute atomic E-state index is 11.7. The summed E-state index contributed by atoms with van der Waals surface area (Å²) in [5, 5.41) is 25.1. The molecule has 0 spiro atoms. The van der Waals surface area contributed by atoms with E-state index in [2.05, 4.69) is 117 Å². The molecule has 13 rings (SSSR count). The van der Waals surface area contributed by atoms with Crippen LogP contribution in [0, 0.1) is 17.9 Å².